The Morgan fingerprint density at radius 2 is 2.11 bits per heavy atom. The molecule has 4 rings (SSSR count). The zero-order valence-electron chi connectivity index (χ0n) is 15.1. The number of aromatic nitrogens is 2. The average Bonchev–Trinajstić information content (AvgIpc) is 3.26. The summed E-state index contributed by atoms with van der Waals surface area (Å²) in [4.78, 5) is 34.5. The fourth-order valence-electron chi connectivity index (χ4n) is 3.66. The van der Waals surface area contributed by atoms with E-state index in [4.69, 9.17) is 4.84 Å². The summed E-state index contributed by atoms with van der Waals surface area (Å²) in [5.41, 5.74) is 2.00. The molecule has 10 heteroatoms. The molecule has 0 spiro atoms. The third-order valence-electron chi connectivity index (χ3n) is 5.05. The van der Waals surface area contributed by atoms with Crippen molar-refractivity contribution in [2.75, 3.05) is 50.8 Å². The molecule has 0 aliphatic carbocycles. The lowest BCUT2D eigenvalue weighted by Crippen LogP contribution is -2.48. The lowest BCUT2D eigenvalue weighted by molar-refractivity contribution is -0.107. The van der Waals surface area contributed by atoms with Gasteiger partial charge in [-0.3, -0.25) is 4.84 Å². The maximum Gasteiger partial charge on any atom is 0.345 e. The topological polar surface area (TPSA) is 74.2 Å². The zero-order valence-corrected chi connectivity index (χ0v) is 15.1. The Morgan fingerprint density at radius 3 is 2.85 bits per heavy atom. The number of nitrogens with zero attached hydrogens (tertiary/aromatic N) is 6. The third-order valence-corrected chi connectivity index (χ3v) is 5.05. The van der Waals surface area contributed by atoms with E-state index in [1.54, 1.807) is 18.4 Å². The van der Waals surface area contributed by atoms with Crippen molar-refractivity contribution < 1.29 is 14.4 Å². The van der Waals surface area contributed by atoms with Crippen LogP contribution in [0.4, 0.5) is 10.5 Å². The molecule has 0 N–H and O–H groups in total. The summed E-state index contributed by atoms with van der Waals surface area (Å²) in [6.45, 7) is 8.36. The summed E-state index contributed by atoms with van der Waals surface area (Å²) < 4.78 is 1.84. The molecule has 1 aromatic heterocycles. The predicted molar refractivity (Wildman–Crippen MR) is 102 cm³/mol. The van der Waals surface area contributed by atoms with Crippen LogP contribution in [0.5, 0.6) is 0 Å². The van der Waals surface area contributed by atoms with Crippen LogP contribution < -0.4 is 4.90 Å². The van der Waals surface area contributed by atoms with Gasteiger partial charge in [0.25, 0.3) is 7.41 Å². The average molecular weight is 369 g/mol. The van der Waals surface area contributed by atoms with Crippen molar-refractivity contribution in [3.8, 4) is 0 Å². The molecule has 2 saturated heterocycles. The molecule has 3 aliphatic rings. The van der Waals surface area contributed by atoms with Crippen LogP contribution in [0.2, 0.25) is 0 Å². The fraction of sp³-hybridized carbons (Fsp3) is 0.471. The Morgan fingerprint density at radius 1 is 1.30 bits per heavy atom. The highest BCUT2D eigenvalue weighted by molar-refractivity contribution is 6.64. The van der Waals surface area contributed by atoms with E-state index in [-0.39, 0.29) is 12.1 Å². The molecule has 2 amide bonds. The molecule has 1 unspecified atom stereocenters. The molecule has 2 bridgehead atoms. The first-order valence-corrected chi connectivity index (χ1v) is 9.05. The quantitative estimate of drug-likeness (QED) is 0.380. The van der Waals surface area contributed by atoms with E-state index in [1.165, 1.54) is 5.06 Å². The number of amides is 2. The molecule has 4 heterocycles. The molecule has 141 valence electrons. The van der Waals surface area contributed by atoms with Gasteiger partial charge in [0.05, 0.1) is 49.2 Å². The number of anilines is 1. The maximum absolute atomic E-state index is 12.4. The zero-order chi connectivity index (χ0) is 18.8. The van der Waals surface area contributed by atoms with E-state index in [2.05, 4.69) is 16.6 Å². The predicted octanol–water partition coefficient (Wildman–Crippen LogP) is -0.107. The van der Waals surface area contributed by atoms with Crippen LogP contribution in [0, 0.1) is 0 Å². The van der Waals surface area contributed by atoms with E-state index < -0.39 is 0 Å². The molecule has 0 saturated carbocycles. The first-order valence-electron chi connectivity index (χ1n) is 9.05. The van der Waals surface area contributed by atoms with Crippen LogP contribution in [0.1, 0.15) is 0 Å². The maximum atomic E-state index is 12.4. The van der Waals surface area contributed by atoms with Gasteiger partial charge < -0.3 is 19.4 Å². The SMILES string of the molecule is C=CCON1C(=O)N2CC(n3cc(N4CCN([B]C=O)CC4)cn3)=CC1C2. The standard InChI is InChI=1S/C17H22BN6O3/c1-2-7-27-24-15-8-14(10-21(11-15)17(24)26)23-12-16(9-19-23)20-3-5-22(6-4-20)18-13-25/h2,8-9,12-13,15H,1,3-7,10-11H2. The molecule has 3 aliphatic heterocycles. The summed E-state index contributed by atoms with van der Waals surface area (Å²) in [7, 11) is 1.59. The third kappa shape index (κ3) is 3.50. The van der Waals surface area contributed by atoms with Crippen molar-refractivity contribution in [3.63, 3.8) is 0 Å². The Hall–Kier alpha value is -2.59. The number of piperazine rings is 1. The second-order valence-corrected chi connectivity index (χ2v) is 6.75. The number of rotatable bonds is 7. The largest absolute Gasteiger partial charge is 0.367 e. The Kier molecular flexibility index (Phi) is 5.00. The summed E-state index contributed by atoms with van der Waals surface area (Å²) in [6.07, 6.45) is 8.34. The van der Waals surface area contributed by atoms with Crippen LogP contribution in [0.15, 0.2) is 31.1 Å². The van der Waals surface area contributed by atoms with E-state index in [9.17, 15) is 9.59 Å². The van der Waals surface area contributed by atoms with Gasteiger partial charge >= 0.3 is 6.03 Å². The second kappa shape index (κ2) is 7.57. The molecule has 1 radical (unpaired) electrons. The first kappa shape index (κ1) is 17.8. The first-order chi connectivity index (χ1) is 13.2. The van der Waals surface area contributed by atoms with Crippen molar-refractivity contribution in [3.05, 3.63) is 31.1 Å². The van der Waals surface area contributed by atoms with E-state index in [0.29, 0.717) is 19.7 Å². The van der Waals surface area contributed by atoms with E-state index in [1.807, 2.05) is 28.0 Å². The van der Waals surface area contributed by atoms with Gasteiger partial charge in [-0.15, -0.1) is 6.58 Å². The normalized spacial score (nSPS) is 22.8. The number of hydrogen-bond donors (Lipinski definition) is 0. The van der Waals surface area contributed by atoms with Gasteiger partial charge in [-0.25, -0.2) is 9.48 Å². The number of carbonyl (C=O) groups is 2. The van der Waals surface area contributed by atoms with Crippen molar-refractivity contribution in [2.45, 2.75) is 6.04 Å². The van der Waals surface area contributed by atoms with E-state index >= 15 is 0 Å². The highest BCUT2D eigenvalue weighted by atomic mass is 16.7. The molecule has 9 nitrogen and oxygen atoms in total. The molecule has 2 fully saturated rings. The lowest BCUT2D eigenvalue weighted by atomic mass is 9.93. The Bertz CT molecular complexity index is 758. The van der Waals surface area contributed by atoms with Gasteiger partial charge in [-0.1, -0.05) is 6.08 Å². The van der Waals surface area contributed by atoms with Crippen LogP contribution >= 0.6 is 0 Å². The van der Waals surface area contributed by atoms with Crippen molar-refractivity contribution >= 4 is 31.0 Å². The number of hydroxylamine groups is 2. The molecular formula is C17H22BN6O3. The minimum Gasteiger partial charge on any atom is -0.367 e. The van der Waals surface area contributed by atoms with Gasteiger partial charge in [0.15, 0.2) is 0 Å². The summed E-state index contributed by atoms with van der Waals surface area (Å²) in [5.74, 6) is 0. The van der Waals surface area contributed by atoms with Crippen molar-refractivity contribution in [2.24, 2.45) is 0 Å². The second-order valence-electron chi connectivity index (χ2n) is 6.75. The van der Waals surface area contributed by atoms with Gasteiger partial charge in [0, 0.05) is 32.7 Å². The number of hydrogen-bond acceptors (Lipinski definition) is 6. The summed E-state index contributed by atoms with van der Waals surface area (Å²) in [6, 6.07) is -0.237. The van der Waals surface area contributed by atoms with Crippen molar-refractivity contribution in [1.29, 1.82) is 0 Å². The minimum absolute atomic E-state index is 0.115. The summed E-state index contributed by atoms with van der Waals surface area (Å²) >= 11 is 0. The van der Waals surface area contributed by atoms with Gasteiger partial charge in [-0.2, -0.15) is 10.2 Å². The summed E-state index contributed by atoms with van der Waals surface area (Å²) in [5, 5.41) is 5.91. The van der Waals surface area contributed by atoms with Gasteiger partial charge in [0.1, 0.15) is 0 Å². The smallest absolute Gasteiger partial charge is 0.345 e. The molecule has 27 heavy (non-hydrogen) atoms. The van der Waals surface area contributed by atoms with Crippen LogP contribution in [-0.4, -0.2) is 96.1 Å². The monoisotopic (exact) mass is 369 g/mol. The Balaban J connectivity index is 1.44. The number of fused-ring (bicyclic) bond motifs is 2. The molecule has 1 aromatic rings. The fourth-order valence-corrected chi connectivity index (χ4v) is 3.66. The highest BCUT2D eigenvalue weighted by Gasteiger charge is 2.41. The van der Waals surface area contributed by atoms with Crippen LogP contribution in [-0.2, 0) is 9.63 Å². The molecule has 1 atom stereocenters. The van der Waals surface area contributed by atoms with Crippen LogP contribution in [0.3, 0.4) is 0 Å². The van der Waals surface area contributed by atoms with Gasteiger partial charge in [-0.05, 0) is 6.08 Å². The number of carbonyl (C=O) groups excluding carboxylic acids is 2. The van der Waals surface area contributed by atoms with Crippen molar-refractivity contribution in [1.82, 2.24) is 24.6 Å². The highest BCUT2D eigenvalue weighted by Crippen LogP contribution is 2.27. The number of urea groups is 1. The minimum atomic E-state index is -0.122. The van der Waals surface area contributed by atoms with Crippen LogP contribution in [0.25, 0.3) is 5.70 Å². The van der Waals surface area contributed by atoms with E-state index in [0.717, 1.165) is 43.7 Å². The van der Waals surface area contributed by atoms with Gasteiger partial charge in [0.2, 0.25) is 0 Å². The lowest BCUT2D eigenvalue weighted by Gasteiger charge is -2.34. The Labute approximate surface area is 158 Å². The molecule has 0 aromatic carbocycles. The molecular weight excluding hydrogens is 347 g/mol.